The van der Waals surface area contributed by atoms with Gasteiger partial charge in [-0.05, 0) is 52.9 Å². The third-order valence-electron chi connectivity index (χ3n) is 3.27. The Bertz CT molecular complexity index is 164. The summed E-state index contributed by atoms with van der Waals surface area (Å²) in [6.07, 6.45) is 4.18. The van der Waals surface area contributed by atoms with E-state index in [0.29, 0.717) is 12.1 Å². The smallest absolute Gasteiger partial charge is 0.0702 e. The van der Waals surface area contributed by atoms with E-state index in [4.69, 9.17) is 4.74 Å². The largest absolute Gasteiger partial charge is 0.377 e. The minimum atomic E-state index is 0.420. The van der Waals surface area contributed by atoms with Gasteiger partial charge in [-0.2, -0.15) is 0 Å². The fourth-order valence-electron chi connectivity index (χ4n) is 2.25. The van der Waals surface area contributed by atoms with Crippen LogP contribution >= 0.6 is 0 Å². The van der Waals surface area contributed by atoms with Crippen molar-refractivity contribution in [3.05, 3.63) is 0 Å². The molecule has 1 aliphatic heterocycles. The summed E-state index contributed by atoms with van der Waals surface area (Å²) in [7, 11) is 2.23. The van der Waals surface area contributed by atoms with E-state index in [1.165, 1.54) is 25.8 Å². The lowest BCUT2D eigenvalue weighted by Gasteiger charge is -2.26. The summed E-state index contributed by atoms with van der Waals surface area (Å²) in [5, 5.41) is 3.36. The van der Waals surface area contributed by atoms with Gasteiger partial charge in [0.1, 0.15) is 0 Å². The molecule has 1 fully saturated rings. The molecule has 0 spiro atoms. The van der Waals surface area contributed by atoms with Gasteiger partial charge in [0.25, 0.3) is 0 Å². The Balaban J connectivity index is 2.05. The van der Waals surface area contributed by atoms with Crippen LogP contribution in [0.15, 0.2) is 0 Å². The predicted octanol–water partition coefficient (Wildman–Crippen LogP) is 1.49. The summed E-state index contributed by atoms with van der Waals surface area (Å²) in [6, 6.07) is 0.643. The monoisotopic (exact) mass is 214 g/mol. The zero-order chi connectivity index (χ0) is 11.1. The normalized spacial score (nSPS) is 26.4. The molecule has 1 heterocycles. The van der Waals surface area contributed by atoms with E-state index >= 15 is 0 Å². The Labute approximate surface area is 94.2 Å². The van der Waals surface area contributed by atoms with Gasteiger partial charge in [0.05, 0.1) is 6.10 Å². The summed E-state index contributed by atoms with van der Waals surface area (Å²) in [5.74, 6) is 0. The summed E-state index contributed by atoms with van der Waals surface area (Å²) in [4.78, 5) is 2.46. The van der Waals surface area contributed by atoms with Crippen LogP contribution in [-0.2, 0) is 4.74 Å². The minimum Gasteiger partial charge on any atom is -0.377 e. The van der Waals surface area contributed by atoms with Crippen LogP contribution in [0.25, 0.3) is 0 Å². The first-order valence-corrected chi connectivity index (χ1v) is 6.28. The average molecular weight is 214 g/mol. The van der Waals surface area contributed by atoms with Crippen LogP contribution in [0.2, 0.25) is 0 Å². The van der Waals surface area contributed by atoms with Crippen molar-refractivity contribution in [3.8, 4) is 0 Å². The number of ether oxygens (including phenoxy) is 1. The highest BCUT2D eigenvalue weighted by atomic mass is 16.5. The first-order valence-electron chi connectivity index (χ1n) is 6.28. The van der Waals surface area contributed by atoms with Gasteiger partial charge in [-0.1, -0.05) is 6.92 Å². The van der Waals surface area contributed by atoms with Gasteiger partial charge in [-0.15, -0.1) is 0 Å². The van der Waals surface area contributed by atoms with Crippen LogP contribution < -0.4 is 5.32 Å². The van der Waals surface area contributed by atoms with Crippen LogP contribution in [0.1, 0.15) is 33.1 Å². The molecule has 0 amide bonds. The Hall–Kier alpha value is -0.120. The lowest BCUT2D eigenvalue weighted by molar-refractivity contribution is 0.0832. The molecule has 0 aromatic heterocycles. The minimum absolute atomic E-state index is 0.420. The van der Waals surface area contributed by atoms with Crippen molar-refractivity contribution >= 4 is 0 Å². The first kappa shape index (κ1) is 12.9. The average Bonchev–Trinajstić information content (AvgIpc) is 2.64. The Kier molecular flexibility index (Phi) is 6.22. The molecule has 3 heteroatoms. The van der Waals surface area contributed by atoms with Crippen molar-refractivity contribution in [2.45, 2.75) is 45.3 Å². The molecule has 15 heavy (non-hydrogen) atoms. The van der Waals surface area contributed by atoms with Crippen molar-refractivity contribution in [1.29, 1.82) is 0 Å². The van der Waals surface area contributed by atoms with Gasteiger partial charge < -0.3 is 15.0 Å². The zero-order valence-electron chi connectivity index (χ0n) is 10.5. The fraction of sp³-hybridized carbons (Fsp3) is 1.00. The first-order chi connectivity index (χ1) is 7.25. The highest BCUT2D eigenvalue weighted by molar-refractivity contribution is 4.80. The number of nitrogens with one attached hydrogen (secondary N) is 1. The highest BCUT2D eigenvalue weighted by Gasteiger charge is 2.27. The van der Waals surface area contributed by atoms with E-state index in [2.05, 4.69) is 31.1 Å². The maximum absolute atomic E-state index is 5.58. The Morgan fingerprint density at radius 3 is 2.80 bits per heavy atom. The molecule has 1 aliphatic rings. The number of hydrogen-bond acceptors (Lipinski definition) is 3. The van der Waals surface area contributed by atoms with Crippen molar-refractivity contribution in [2.24, 2.45) is 0 Å². The zero-order valence-corrected chi connectivity index (χ0v) is 10.5. The Morgan fingerprint density at radius 1 is 1.40 bits per heavy atom. The fourth-order valence-corrected chi connectivity index (χ4v) is 2.25. The maximum Gasteiger partial charge on any atom is 0.0702 e. The molecule has 1 rings (SSSR count). The summed E-state index contributed by atoms with van der Waals surface area (Å²) >= 11 is 0. The molecule has 0 saturated carbocycles. The van der Waals surface area contributed by atoms with E-state index in [9.17, 15) is 0 Å². The van der Waals surface area contributed by atoms with E-state index < -0.39 is 0 Å². The number of nitrogens with zero attached hydrogens (tertiary/aromatic N) is 1. The number of rotatable bonds is 7. The van der Waals surface area contributed by atoms with Crippen LogP contribution in [0.4, 0.5) is 0 Å². The molecule has 2 atom stereocenters. The molecule has 0 aliphatic carbocycles. The van der Waals surface area contributed by atoms with Gasteiger partial charge in [0.15, 0.2) is 0 Å². The van der Waals surface area contributed by atoms with E-state index in [1.54, 1.807) is 0 Å². The van der Waals surface area contributed by atoms with Crippen LogP contribution in [0.3, 0.4) is 0 Å². The van der Waals surface area contributed by atoms with Crippen LogP contribution in [-0.4, -0.2) is 50.3 Å². The van der Waals surface area contributed by atoms with E-state index in [1.807, 2.05) is 0 Å². The van der Waals surface area contributed by atoms with Gasteiger partial charge in [0.2, 0.25) is 0 Å². The maximum atomic E-state index is 5.58. The van der Waals surface area contributed by atoms with Gasteiger partial charge >= 0.3 is 0 Å². The summed E-state index contributed by atoms with van der Waals surface area (Å²) in [5.41, 5.74) is 0. The molecule has 1 N–H and O–H groups in total. The second-order valence-corrected chi connectivity index (χ2v) is 4.47. The van der Waals surface area contributed by atoms with Crippen molar-refractivity contribution in [3.63, 3.8) is 0 Å². The SMILES string of the molecule is CCNCCCCN(C)C1CCOC1C. The standard InChI is InChI=1S/C12H26N2O/c1-4-13-8-5-6-9-14(3)12-7-10-15-11(12)2/h11-13H,4-10H2,1-3H3. The van der Waals surface area contributed by atoms with Crippen LogP contribution in [0.5, 0.6) is 0 Å². The molecule has 3 nitrogen and oxygen atoms in total. The Morgan fingerprint density at radius 2 is 2.20 bits per heavy atom. The second kappa shape index (κ2) is 7.20. The highest BCUT2D eigenvalue weighted by Crippen LogP contribution is 2.18. The van der Waals surface area contributed by atoms with E-state index in [0.717, 1.165) is 19.7 Å². The third-order valence-corrected chi connectivity index (χ3v) is 3.27. The molecular formula is C12H26N2O. The number of hydrogen-bond donors (Lipinski definition) is 1. The number of unbranched alkanes of at least 4 members (excludes halogenated alkanes) is 1. The molecule has 0 aromatic rings. The quantitative estimate of drug-likeness (QED) is 0.650. The third kappa shape index (κ3) is 4.49. The van der Waals surface area contributed by atoms with Crippen molar-refractivity contribution < 1.29 is 4.74 Å². The summed E-state index contributed by atoms with van der Waals surface area (Å²) < 4.78 is 5.58. The predicted molar refractivity (Wildman–Crippen MR) is 64.2 cm³/mol. The lowest BCUT2D eigenvalue weighted by Crippen LogP contribution is -2.37. The molecule has 2 unspecified atom stereocenters. The summed E-state index contributed by atoms with van der Waals surface area (Å²) in [6.45, 7) is 8.72. The lowest BCUT2D eigenvalue weighted by atomic mass is 10.1. The van der Waals surface area contributed by atoms with Gasteiger partial charge in [-0.25, -0.2) is 0 Å². The van der Waals surface area contributed by atoms with Crippen molar-refractivity contribution in [1.82, 2.24) is 10.2 Å². The van der Waals surface area contributed by atoms with Gasteiger partial charge in [0, 0.05) is 12.6 Å². The molecule has 0 radical (unpaired) electrons. The second-order valence-electron chi connectivity index (χ2n) is 4.47. The molecule has 0 aromatic carbocycles. The number of likely N-dealkylation sites (N-methyl/N-ethyl adjacent to an activating group) is 1. The van der Waals surface area contributed by atoms with Gasteiger partial charge in [-0.3, -0.25) is 0 Å². The molecule has 90 valence electrons. The molecule has 1 saturated heterocycles. The topological polar surface area (TPSA) is 24.5 Å². The molecular weight excluding hydrogens is 188 g/mol. The van der Waals surface area contributed by atoms with Crippen LogP contribution in [0, 0.1) is 0 Å². The van der Waals surface area contributed by atoms with E-state index in [-0.39, 0.29) is 0 Å². The molecule has 0 bridgehead atoms. The van der Waals surface area contributed by atoms with Crippen molar-refractivity contribution in [2.75, 3.05) is 33.3 Å².